The van der Waals surface area contributed by atoms with Crippen LogP contribution in [0.3, 0.4) is 0 Å². The van der Waals surface area contributed by atoms with Gasteiger partial charge in [0.2, 0.25) is 5.91 Å². The minimum Gasteiger partial charge on any atom is -0.497 e. The summed E-state index contributed by atoms with van der Waals surface area (Å²) in [5.41, 5.74) is 4.08. The summed E-state index contributed by atoms with van der Waals surface area (Å²) in [6.07, 6.45) is 0.764. The zero-order valence-electron chi connectivity index (χ0n) is 20.2. The summed E-state index contributed by atoms with van der Waals surface area (Å²) >= 11 is 0. The van der Waals surface area contributed by atoms with E-state index in [4.69, 9.17) is 4.74 Å². The number of anilines is 2. The number of nitrogens with one attached hydrogen (secondary N) is 1. The number of methoxy groups -OCH3 is 1. The second-order valence-corrected chi connectivity index (χ2v) is 8.59. The van der Waals surface area contributed by atoms with Gasteiger partial charge in [-0.05, 0) is 66.4 Å². The van der Waals surface area contributed by atoms with Gasteiger partial charge in [-0.2, -0.15) is 0 Å². The summed E-state index contributed by atoms with van der Waals surface area (Å²) in [4.78, 5) is 42.5. The van der Waals surface area contributed by atoms with Crippen LogP contribution >= 0.6 is 0 Å². The number of ether oxygens (including phenoxy) is 1. The van der Waals surface area contributed by atoms with Crippen LogP contribution in [-0.4, -0.2) is 35.9 Å². The number of aryl methyl sites for hydroxylation is 2. The molecule has 4 amide bonds. The van der Waals surface area contributed by atoms with Crippen LogP contribution in [0.25, 0.3) is 0 Å². The predicted molar refractivity (Wildman–Crippen MR) is 135 cm³/mol. The van der Waals surface area contributed by atoms with Crippen LogP contribution in [0, 0.1) is 6.92 Å². The van der Waals surface area contributed by atoms with Crippen molar-refractivity contribution in [1.29, 1.82) is 0 Å². The largest absolute Gasteiger partial charge is 0.497 e. The van der Waals surface area contributed by atoms with Crippen molar-refractivity contribution in [3.8, 4) is 5.75 Å². The van der Waals surface area contributed by atoms with Crippen LogP contribution in [0.5, 0.6) is 5.75 Å². The molecule has 1 fully saturated rings. The summed E-state index contributed by atoms with van der Waals surface area (Å²) in [7, 11) is 1.59. The number of carbonyl (C=O) groups is 3. The van der Waals surface area contributed by atoms with Crippen molar-refractivity contribution in [2.75, 3.05) is 17.3 Å². The van der Waals surface area contributed by atoms with Gasteiger partial charge in [0.25, 0.3) is 5.91 Å². The van der Waals surface area contributed by atoms with E-state index in [0.29, 0.717) is 17.1 Å². The molecule has 0 radical (unpaired) electrons. The van der Waals surface area contributed by atoms with Crippen LogP contribution in [0.15, 0.2) is 72.8 Å². The molecule has 7 nitrogen and oxygen atoms in total. The third-order valence-corrected chi connectivity index (χ3v) is 6.12. The zero-order chi connectivity index (χ0) is 24.9. The van der Waals surface area contributed by atoms with E-state index in [1.54, 1.807) is 37.4 Å². The van der Waals surface area contributed by atoms with Crippen molar-refractivity contribution < 1.29 is 19.1 Å². The molecule has 1 saturated heterocycles. The lowest BCUT2D eigenvalue weighted by Gasteiger charge is -2.22. The highest BCUT2D eigenvalue weighted by Crippen LogP contribution is 2.29. The Labute approximate surface area is 205 Å². The molecule has 1 heterocycles. The van der Waals surface area contributed by atoms with E-state index in [9.17, 15) is 14.4 Å². The van der Waals surface area contributed by atoms with Gasteiger partial charge in [0.1, 0.15) is 11.8 Å². The lowest BCUT2D eigenvalue weighted by Crippen LogP contribution is -2.37. The minimum absolute atomic E-state index is 0.140. The molecular weight excluding hydrogens is 442 g/mol. The molecule has 180 valence electrons. The van der Waals surface area contributed by atoms with Gasteiger partial charge in [0.15, 0.2) is 0 Å². The van der Waals surface area contributed by atoms with E-state index in [1.807, 2.05) is 49.4 Å². The van der Waals surface area contributed by atoms with Gasteiger partial charge in [0, 0.05) is 12.2 Å². The highest BCUT2D eigenvalue weighted by Gasteiger charge is 2.46. The van der Waals surface area contributed by atoms with E-state index < -0.39 is 18.0 Å². The maximum absolute atomic E-state index is 13.5. The molecule has 3 aromatic carbocycles. The zero-order valence-corrected chi connectivity index (χ0v) is 20.2. The Hall–Kier alpha value is -4.13. The average molecular weight is 472 g/mol. The molecule has 0 unspecified atom stereocenters. The van der Waals surface area contributed by atoms with Gasteiger partial charge in [-0.1, -0.05) is 43.3 Å². The van der Waals surface area contributed by atoms with Gasteiger partial charge in [0.05, 0.1) is 19.2 Å². The Morgan fingerprint density at radius 1 is 0.971 bits per heavy atom. The SMILES string of the molecule is CCc1ccc(NC(=O)C[C@@H]2C(=O)N(c3cccc(C)c3)C(=O)N2Cc2ccc(OC)cc2)cc1. The third kappa shape index (κ3) is 5.35. The molecule has 1 aliphatic heterocycles. The lowest BCUT2D eigenvalue weighted by molar-refractivity contribution is -0.124. The first-order valence-electron chi connectivity index (χ1n) is 11.6. The summed E-state index contributed by atoms with van der Waals surface area (Å²) in [5.74, 6) is -0.0409. The summed E-state index contributed by atoms with van der Waals surface area (Å²) < 4.78 is 5.21. The fourth-order valence-corrected chi connectivity index (χ4v) is 4.16. The molecule has 1 atom stereocenters. The number of amides is 4. The number of benzene rings is 3. The molecule has 7 heteroatoms. The van der Waals surface area contributed by atoms with Crippen molar-refractivity contribution in [2.45, 2.75) is 39.3 Å². The number of hydrogen-bond donors (Lipinski definition) is 1. The third-order valence-electron chi connectivity index (χ3n) is 6.12. The topological polar surface area (TPSA) is 79.0 Å². The molecule has 3 aromatic rings. The Morgan fingerprint density at radius 2 is 1.66 bits per heavy atom. The van der Waals surface area contributed by atoms with E-state index >= 15 is 0 Å². The van der Waals surface area contributed by atoms with Gasteiger partial charge in [-0.3, -0.25) is 9.59 Å². The van der Waals surface area contributed by atoms with Gasteiger partial charge < -0.3 is 15.0 Å². The second-order valence-electron chi connectivity index (χ2n) is 8.59. The van der Waals surface area contributed by atoms with Gasteiger partial charge in [-0.15, -0.1) is 0 Å². The van der Waals surface area contributed by atoms with Crippen molar-refractivity contribution in [3.63, 3.8) is 0 Å². The Morgan fingerprint density at radius 3 is 2.29 bits per heavy atom. The monoisotopic (exact) mass is 471 g/mol. The molecule has 35 heavy (non-hydrogen) atoms. The summed E-state index contributed by atoms with van der Waals surface area (Å²) in [6.45, 7) is 4.16. The number of urea groups is 1. The average Bonchev–Trinajstić information content (AvgIpc) is 3.08. The van der Waals surface area contributed by atoms with Crippen LogP contribution < -0.4 is 15.0 Å². The smallest absolute Gasteiger partial charge is 0.332 e. The van der Waals surface area contributed by atoms with E-state index in [1.165, 1.54) is 15.4 Å². The highest BCUT2D eigenvalue weighted by molar-refractivity contribution is 6.22. The second kappa shape index (κ2) is 10.4. The summed E-state index contributed by atoms with van der Waals surface area (Å²) in [6, 6.07) is 20.7. The fourth-order valence-electron chi connectivity index (χ4n) is 4.16. The lowest BCUT2D eigenvalue weighted by atomic mass is 10.1. The van der Waals surface area contributed by atoms with E-state index in [0.717, 1.165) is 17.5 Å². The first kappa shape index (κ1) is 24.0. The summed E-state index contributed by atoms with van der Waals surface area (Å²) in [5, 5.41) is 2.85. The van der Waals surface area contributed by atoms with Gasteiger partial charge >= 0.3 is 6.03 Å². The molecule has 1 N–H and O–H groups in total. The normalized spacial score (nSPS) is 15.5. The van der Waals surface area contributed by atoms with Gasteiger partial charge in [-0.25, -0.2) is 9.69 Å². The Kier molecular flexibility index (Phi) is 7.15. The number of nitrogens with zero attached hydrogens (tertiary/aromatic N) is 2. The standard InChI is InChI=1S/C28H29N3O4/c1-4-20-8-12-22(13-9-20)29-26(32)17-25-27(33)31(23-7-5-6-19(2)16-23)28(34)30(25)18-21-10-14-24(35-3)15-11-21/h5-16,25H,4,17-18H2,1-3H3,(H,29,32)/t25-/m1/s1. The molecular formula is C28H29N3O4. The Bertz CT molecular complexity index is 1220. The molecule has 0 bridgehead atoms. The van der Waals surface area contributed by atoms with Crippen LogP contribution in [-0.2, 0) is 22.6 Å². The minimum atomic E-state index is -0.917. The van der Waals surface area contributed by atoms with Crippen LogP contribution in [0.2, 0.25) is 0 Å². The van der Waals surface area contributed by atoms with Crippen molar-refractivity contribution in [2.24, 2.45) is 0 Å². The molecule has 0 aliphatic carbocycles. The maximum Gasteiger partial charge on any atom is 0.332 e. The van der Waals surface area contributed by atoms with Crippen molar-refractivity contribution in [3.05, 3.63) is 89.5 Å². The maximum atomic E-state index is 13.5. The first-order valence-corrected chi connectivity index (χ1v) is 11.6. The Balaban J connectivity index is 1.58. The van der Waals surface area contributed by atoms with Crippen LogP contribution in [0.1, 0.15) is 30.0 Å². The predicted octanol–water partition coefficient (Wildman–Crippen LogP) is 4.93. The van der Waals surface area contributed by atoms with E-state index in [2.05, 4.69) is 12.2 Å². The fraction of sp³-hybridized carbons (Fsp3) is 0.250. The number of hydrogen-bond acceptors (Lipinski definition) is 4. The number of rotatable bonds is 8. The quantitative estimate of drug-likeness (QED) is 0.473. The number of carbonyl (C=O) groups excluding carboxylic acids is 3. The molecule has 0 spiro atoms. The molecule has 4 rings (SSSR count). The van der Waals surface area contributed by atoms with Crippen molar-refractivity contribution in [1.82, 2.24) is 4.90 Å². The highest BCUT2D eigenvalue weighted by atomic mass is 16.5. The first-order chi connectivity index (χ1) is 16.9. The van der Waals surface area contributed by atoms with Crippen LogP contribution in [0.4, 0.5) is 16.2 Å². The van der Waals surface area contributed by atoms with Crippen molar-refractivity contribution >= 4 is 29.2 Å². The molecule has 0 saturated carbocycles. The molecule has 0 aromatic heterocycles. The van der Waals surface area contributed by atoms with E-state index in [-0.39, 0.29) is 18.9 Å². The molecule has 1 aliphatic rings. The number of imide groups is 1.